The minimum Gasteiger partial charge on any atom is -0.383 e. The van der Waals surface area contributed by atoms with Crippen molar-refractivity contribution in [3.8, 4) is 6.07 Å². The molecule has 1 aromatic carbocycles. The summed E-state index contributed by atoms with van der Waals surface area (Å²) in [6, 6.07) is 7.53. The monoisotopic (exact) mass is 276 g/mol. The van der Waals surface area contributed by atoms with E-state index >= 15 is 0 Å². The molecule has 0 unspecified atom stereocenters. The van der Waals surface area contributed by atoms with Gasteiger partial charge in [0.2, 0.25) is 0 Å². The van der Waals surface area contributed by atoms with Gasteiger partial charge in [0, 0.05) is 38.7 Å². The van der Waals surface area contributed by atoms with E-state index in [0.717, 1.165) is 5.56 Å². The van der Waals surface area contributed by atoms with Crippen LogP contribution in [0.25, 0.3) is 0 Å². The molecule has 0 amide bonds. The third kappa shape index (κ3) is 4.21. The molecule has 6 heteroatoms. The number of nitro groups is 1. The maximum Gasteiger partial charge on any atom is 0.292 e. The largest absolute Gasteiger partial charge is 0.383 e. The van der Waals surface area contributed by atoms with Crippen molar-refractivity contribution in [2.75, 3.05) is 18.9 Å². The first-order valence-electron chi connectivity index (χ1n) is 6.55. The minimum absolute atomic E-state index is 0.0735. The number of nitrogens with zero attached hydrogens (tertiary/aromatic N) is 3. The molecular weight excluding hydrogens is 256 g/mol. The lowest BCUT2D eigenvalue weighted by molar-refractivity contribution is -0.384. The number of benzene rings is 1. The van der Waals surface area contributed by atoms with Gasteiger partial charge in [-0.3, -0.25) is 15.0 Å². The summed E-state index contributed by atoms with van der Waals surface area (Å²) in [4.78, 5) is 12.7. The lowest BCUT2D eigenvalue weighted by atomic mass is 10.1. The zero-order valence-electron chi connectivity index (χ0n) is 12.1. The first-order chi connectivity index (χ1) is 9.49. The van der Waals surface area contributed by atoms with Crippen molar-refractivity contribution >= 4 is 11.4 Å². The van der Waals surface area contributed by atoms with Crippen LogP contribution in [0.1, 0.15) is 25.8 Å². The maximum absolute atomic E-state index is 10.9. The minimum atomic E-state index is -0.397. The standard InChI is InChI=1S/C14H20N4O2/c1-11(2)17(8-4-7-15)10-12-5-6-14(18(19)20)13(9-12)16-3/h5-6,9,11,16H,4,8,10H2,1-3H3. The number of nitrogens with one attached hydrogen (secondary N) is 1. The average Bonchev–Trinajstić information content (AvgIpc) is 2.42. The second-order valence-electron chi connectivity index (χ2n) is 4.83. The van der Waals surface area contributed by atoms with Crippen LogP contribution in [0, 0.1) is 21.4 Å². The molecule has 0 aromatic heterocycles. The Labute approximate surface area is 119 Å². The molecule has 0 aliphatic heterocycles. The van der Waals surface area contributed by atoms with Gasteiger partial charge in [0.1, 0.15) is 5.69 Å². The Morgan fingerprint density at radius 2 is 2.20 bits per heavy atom. The van der Waals surface area contributed by atoms with Gasteiger partial charge in [-0.1, -0.05) is 6.07 Å². The van der Waals surface area contributed by atoms with E-state index in [1.807, 2.05) is 0 Å². The second-order valence-corrected chi connectivity index (χ2v) is 4.83. The highest BCUT2D eigenvalue weighted by molar-refractivity contribution is 5.62. The van der Waals surface area contributed by atoms with Gasteiger partial charge in [-0.2, -0.15) is 5.26 Å². The van der Waals surface area contributed by atoms with Crippen molar-refractivity contribution in [3.63, 3.8) is 0 Å². The highest BCUT2D eigenvalue weighted by Crippen LogP contribution is 2.25. The number of hydrogen-bond acceptors (Lipinski definition) is 5. The molecule has 0 radical (unpaired) electrons. The molecule has 0 spiro atoms. The Morgan fingerprint density at radius 3 is 2.70 bits per heavy atom. The Hall–Kier alpha value is -2.13. The van der Waals surface area contributed by atoms with Crippen molar-refractivity contribution in [3.05, 3.63) is 33.9 Å². The summed E-state index contributed by atoms with van der Waals surface area (Å²) in [5.41, 5.74) is 1.58. The predicted molar refractivity (Wildman–Crippen MR) is 78.4 cm³/mol. The molecule has 20 heavy (non-hydrogen) atoms. The van der Waals surface area contributed by atoms with Crippen molar-refractivity contribution in [1.29, 1.82) is 5.26 Å². The normalized spacial score (nSPS) is 10.6. The van der Waals surface area contributed by atoms with Crippen LogP contribution in [-0.2, 0) is 6.54 Å². The molecule has 0 saturated carbocycles. The van der Waals surface area contributed by atoms with Crippen LogP contribution < -0.4 is 5.32 Å². The van der Waals surface area contributed by atoms with Gasteiger partial charge < -0.3 is 5.32 Å². The van der Waals surface area contributed by atoms with Crippen molar-refractivity contribution in [1.82, 2.24) is 4.90 Å². The van der Waals surface area contributed by atoms with Crippen LogP contribution in [0.2, 0.25) is 0 Å². The molecule has 0 fully saturated rings. The summed E-state index contributed by atoms with van der Waals surface area (Å²) >= 11 is 0. The van der Waals surface area contributed by atoms with Gasteiger partial charge in [0.25, 0.3) is 5.69 Å². The Bertz CT molecular complexity index is 508. The van der Waals surface area contributed by atoms with Crippen molar-refractivity contribution < 1.29 is 4.92 Å². The molecule has 0 bridgehead atoms. The fourth-order valence-electron chi connectivity index (χ4n) is 1.99. The van der Waals surface area contributed by atoms with Crippen LogP contribution >= 0.6 is 0 Å². The molecule has 108 valence electrons. The first-order valence-corrected chi connectivity index (χ1v) is 6.55. The van der Waals surface area contributed by atoms with E-state index in [1.54, 1.807) is 19.2 Å². The number of nitro benzene ring substituents is 1. The zero-order valence-corrected chi connectivity index (χ0v) is 12.1. The molecule has 0 aliphatic carbocycles. The third-order valence-electron chi connectivity index (χ3n) is 3.15. The summed E-state index contributed by atoms with van der Waals surface area (Å²) in [6.45, 7) is 5.51. The molecule has 0 saturated heterocycles. The van der Waals surface area contributed by atoms with Gasteiger partial charge >= 0.3 is 0 Å². The second kappa shape index (κ2) is 7.46. The van der Waals surface area contributed by atoms with E-state index in [9.17, 15) is 10.1 Å². The Balaban J connectivity index is 2.91. The molecule has 0 atom stereocenters. The van der Waals surface area contributed by atoms with Gasteiger partial charge in [-0.15, -0.1) is 0 Å². The van der Waals surface area contributed by atoms with Gasteiger partial charge in [-0.25, -0.2) is 0 Å². The van der Waals surface area contributed by atoms with Crippen LogP contribution in [0.3, 0.4) is 0 Å². The van der Waals surface area contributed by atoms with Crippen molar-refractivity contribution in [2.45, 2.75) is 32.9 Å². The molecule has 1 rings (SSSR count). The van der Waals surface area contributed by atoms with Crippen LogP contribution in [0.5, 0.6) is 0 Å². The van der Waals surface area contributed by atoms with E-state index in [2.05, 4.69) is 30.1 Å². The van der Waals surface area contributed by atoms with E-state index < -0.39 is 4.92 Å². The van der Waals surface area contributed by atoms with Crippen LogP contribution in [0.4, 0.5) is 11.4 Å². The highest BCUT2D eigenvalue weighted by atomic mass is 16.6. The summed E-state index contributed by atoms with van der Waals surface area (Å²) in [7, 11) is 1.67. The smallest absolute Gasteiger partial charge is 0.292 e. The quantitative estimate of drug-likeness (QED) is 0.611. The number of rotatable bonds is 7. The number of anilines is 1. The van der Waals surface area contributed by atoms with E-state index in [4.69, 9.17) is 5.26 Å². The zero-order chi connectivity index (χ0) is 15.1. The van der Waals surface area contributed by atoms with Gasteiger partial charge in [0.05, 0.1) is 11.0 Å². The topological polar surface area (TPSA) is 82.2 Å². The van der Waals surface area contributed by atoms with E-state index in [-0.39, 0.29) is 5.69 Å². The Kier molecular flexibility index (Phi) is 5.94. The number of nitriles is 1. The molecule has 1 N–H and O–H groups in total. The summed E-state index contributed by atoms with van der Waals surface area (Å²) in [5.74, 6) is 0. The molecule has 1 aromatic rings. The highest BCUT2D eigenvalue weighted by Gasteiger charge is 2.15. The average molecular weight is 276 g/mol. The fourth-order valence-corrected chi connectivity index (χ4v) is 1.99. The van der Waals surface area contributed by atoms with Gasteiger partial charge in [0.15, 0.2) is 0 Å². The van der Waals surface area contributed by atoms with E-state index in [1.165, 1.54) is 6.07 Å². The summed E-state index contributed by atoms with van der Waals surface area (Å²) in [6.07, 6.45) is 0.476. The Morgan fingerprint density at radius 1 is 1.50 bits per heavy atom. The van der Waals surface area contributed by atoms with Crippen LogP contribution in [-0.4, -0.2) is 29.5 Å². The fraction of sp³-hybridized carbons (Fsp3) is 0.500. The SMILES string of the molecule is CNc1cc(CN(CCC#N)C(C)C)ccc1[N+](=O)[O-]. The summed E-state index contributed by atoms with van der Waals surface area (Å²) in [5, 5.41) is 22.4. The van der Waals surface area contributed by atoms with Gasteiger partial charge in [-0.05, 0) is 25.5 Å². The number of hydrogen-bond donors (Lipinski definition) is 1. The first kappa shape index (κ1) is 15.9. The summed E-state index contributed by atoms with van der Waals surface area (Å²) < 4.78 is 0. The molecule has 0 aliphatic rings. The third-order valence-corrected chi connectivity index (χ3v) is 3.15. The van der Waals surface area contributed by atoms with Crippen molar-refractivity contribution in [2.24, 2.45) is 0 Å². The van der Waals surface area contributed by atoms with Crippen LogP contribution in [0.15, 0.2) is 18.2 Å². The maximum atomic E-state index is 10.9. The van der Waals surface area contributed by atoms with E-state index in [0.29, 0.717) is 31.2 Å². The molecule has 0 heterocycles. The lowest BCUT2D eigenvalue weighted by Gasteiger charge is -2.25. The molecule has 6 nitrogen and oxygen atoms in total. The molecular formula is C14H20N4O2. The lowest BCUT2D eigenvalue weighted by Crippen LogP contribution is -2.31. The predicted octanol–water partition coefficient (Wildman–Crippen LogP) is 2.76.